The molecule has 1 atom stereocenters. The highest BCUT2D eigenvalue weighted by Gasteiger charge is 2.41. The molecule has 1 aliphatic heterocycles. The molecule has 0 amide bonds. The van der Waals surface area contributed by atoms with Gasteiger partial charge in [0, 0.05) is 17.6 Å². The Labute approximate surface area is 142 Å². The van der Waals surface area contributed by atoms with Crippen molar-refractivity contribution in [1.82, 2.24) is 0 Å². The molecule has 0 saturated carbocycles. The number of carbonyl (C=O) groups is 1. The maximum absolute atomic E-state index is 11.5. The summed E-state index contributed by atoms with van der Waals surface area (Å²) < 4.78 is 5.12. The predicted molar refractivity (Wildman–Crippen MR) is 95.1 cm³/mol. The van der Waals surface area contributed by atoms with E-state index in [1.165, 1.54) is 64.2 Å². The van der Waals surface area contributed by atoms with Crippen molar-refractivity contribution in [2.24, 2.45) is 0 Å². The monoisotopic (exact) mass is 324 g/mol. The molecule has 1 N–H and O–H groups in total. The minimum atomic E-state index is -1.33. The quantitative estimate of drug-likeness (QED) is 0.351. The molecule has 0 fully saturated rings. The highest BCUT2D eigenvalue weighted by atomic mass is 16.7. The molecule has 0 spiro atoms. The maximum atomic E-state index is 11.5. The number of rotatable bonds is 13. The highest BCUT2D eigenvalue weighted by Crippen LogP contribution is 2.34. The largest absolute Gasteiger partial charge is 0.426 e. The van der Waals surface area contributed by atoms with E-state index < -0.39 is 5.79 Å². The lowest BCUT2D eigenvalue weighted by Crippen LogP contribution is -2.30. The molecule has 0 aliphatic carbocycles. The molecule has 0 aromatic rings. The molecule has 0 aromatic heterocycles. The molecular formula is C20H36O3. The van der Waals surface area contributed by atoms with Gasteiger partial charge in [0.2, 0.25) is 5.79 Å². The molecule has 3 nitrogen and oxygen atoms in total. The molecule has 1 heterocycles. The van der Waals surface area contributed by atoms with Gasteiger partial charge >= 0.3 is 5.97 Å². The lowest BCUT2D eigenvalue weighted by molar-refractivity contribution is -0.183. The van der Waals surface area contributed by atoms with Crippen LogP contribution in [0.1, 0.15) is 104 Å². The van der Waals surface area contributed by atoms with Crippen LogP contribution in [0.2, 0.25) is 0 Å². The van der Waals surface area contributed by atoms with Gasteiger partial charge in [-0.25, -0.2) is 4.79 Å². The van der Waals surface area contributed by atoms with Crippen LogP contribution in [0.15, 0.2) is 11.1 Å². The second kappa shape index (κ2) is 10.9. The minimum absolute atomic E-state index is 0.371. The van der Waals surface area contributed by atoms with Crippen molar-refractivity contribution in [2.75, 3.05) is 0 Å². The summed E-state index contributed by atoms with van der Waals surface area (Å²) in [6.07, 6.45) is 16.0. The van der Waals surface area contributed by atoms with E-state index in [0.717, 1.165) is 12.8 Å². The van der Waals surface area contributed by atoms with E-state index in [4.69, 9.17) is 4.74 Å². The summed E-state index contributed by atoms with van der Waals surface area (Å²) in [5.41, 5.74) is 1.25. The van der Waals surface area contributed by atoms with E-state index in [0.29, 0.717) is 17.6 Å². The van der Waals surface area contributed by atoms with Crippen LogP contribution in [-0.2, 0) is 9.53 Å². The van der Waals surface area contributed by atoms with Gasteiger partial charge in [-0.05, 0) is 20.3 Å². The molecule has 0 radical (unpaired) electrons. The molecule has 1 unspecified atom stereocenters. The fraction of sp³-hybridized carbons (Fsp3) is 0.850. The number of esters is 1. The molecule has 0 bridgehead atoms. The predicted octanol–water partition coefficient (Wildman–Crippen LogP) is 5.66. The van der Waals surface area contributed by atoms with Gasteiger partial charge in [-0.15, -0.1) is 0 Å². The summed E-state index contributed by atoms with van der Waals surface area (Å²) in [5.74, 6) is -1.71. The lowest BCUT2D eigenvalue weighted by Gasteiger charge is -2.23. The van der Waals surface area contributed by atoms with Crippen LogP contribution in [0.3, 0.4) is 0 Å². The number of hydrogen-bond donors (Lipinski definition) is 1. The SMILES string of the molecule is CCCCCCCCCCCCCCC1(O)OC(=O)C(C)=C1C. The fourth-order valence-electron chi connectivity index (χ4n) is 3.20. The second-order valence-corrected chi connectivity index (χ2v) is 7.06. The summed E-state index contributed by atoms with van der Waals surface area (Å²) in [5, 5.41) is 10.4. The maximum Gasteiger partial charge on any atom is 0.336 e. The van der Waals surface area contributed by atoms with Crippen molar-refractivity contribution in [3.8, 4) is 0 Å². The molecule has 0 saturated heterocycles. The van der Waals surface area contributed by atoms with Gasteiger partial charge in [0.15, 0.2) is 0 Å². The topological polar surface area (TPSA) is 46.5 Å². The van der Waals surface area contributed by atoms with Gasteiger partial charge in [-0.3, -0.25) is 0 Å². The average molecular weight is 325 g/mol. The third kappa shape index (κ3) is 7.07. The van der Waals surface area contributed by atoms with E-state index in [1.54, 1.807) is 13.8 Å². The Hall–Kier alpha value is -0.830. The third-order valence-corrected chi connectivity index (χ3v) is 5.09. The second-order valence-electron chi connectivity index (χ2n) is 7.06. The number of unbranched alkanes of at least 4 members (excludes halogenated alkanes) is 11. The number of cyclic esters (lactones) is 1. The Kier molecular flexibility index (Phi) is 9.54. The first-order valence-electron chi connectivity index (χ1n) is 9.65. The van der Waals surface area contributed by atoms with E-state index in [9.17, 15) is 9.90 Å². The standard InChI is InChI=1S/C20H36O3/c1-4-5-6-7-8-9-10-11-12-13-14-15-16-20(22)18(3)17(2)19(21)23-20/h22H,4-16H2,1-3H3. The van der Waals surface area contributed by atoms with Crippen LogP contribution in [0, 0.1) is 0 Å². The van der Waals surface area contributed by atoms with Crippen molar-refractivity contribution in [3.63, 3.8) is 0 Å². The summed E-state index contributed by atoms with van der Waals surface area (Å²) in [6.45, 7) is 5.77. The Morgan fingerprint density at radius 1 is 0.826 bits per heavy atom. The molecule has 0 aromatic carbocycles. The van der Waals surface area contributed by atoms with Crippen LogP contribution in [0.25, 0.3) is 0 Å². The zero-order chi connectivity index (χ0) is 17.1. The van der Waals surface area contributed by atoms with E-state index in [1.807, 2.05) is 0 Å². The Morgan fingerprint density at radius 3 is 1.65 bits per heavy atom. The Bertz CT molecular complexity index is 386. The van der Waals surface area contributed by atoms with Gasteiger partial charge in [0.1, 0.15) is 0 Å². The molecule has 23 heavy (non-hydrogen) atoms. The van der Waals surface area contributed by atoms with Crippen molar-refractivity contribution in [1.29, 1.82) is 0 Å². The normalized spacial score (nSPS) is 21.1. The number of hydrogen-bond acceptors (Lipinski definition) is 3. The fourth-order valence-corrected chi connectivity index (χ4v) is 3.20. The van der Waals surface area contributed by atoms with Crippen LogP contribution in [0.5, 0.6) is 0 Å². The van der Waals surface area contributed by atoms with Gasteiger partial charge in [0.25, 0.3) is 0 Å². The van der Waals surface area contributed by atoms with Crippen LogP contribution in [0.4, 0.5) is 0 Å². The summed E-state index contributed by atoms with van der Waals surface area (Å²) in [4.78, 5) is 11.5. The lowest BCUT2D eigenvalue weighted by atomic mass is 9.98. The van der Waals surface area contributed by atoms with E-state index in [2.05, 4.69) is 6.92 Å². The summed E-state index contributed by atoms with van der Waals surface area (Å²) >= 11 is 0. The van der Waals surface area contributed by atoms with Gasteiger partial charge < -0.3 is 9.84 Å². The van der Waals surface area contributed by atoms with Crippen molar-refractivity contribution < 1.29 is 14.6 Å². The van der Waals surface area contributed by atoms with Gasteiger partial charge in [0.05, 0.1) is 0 Å². The highest BCUT2D eigenvalue weighted by molar-refractivity contribution is 5.91. The first-order valence-corrected chi connectivity index (χ1v) is 9.65. The van der Waals surface area contributed by atoms with Crippen LogP contribution >= 0.6 is 0 Å². The molecular weight excluding hydrogens is 288 g/mol. The smallest absolute Gasteiger partial charge is 0.336 e. The number of aliphatic hydroxyl groups is 1. The van der Waals surface area contributed by atoms with Gasteiger partial charge in [-0.1, -0.05) is 77.6 Å². The zero-order valence-electron chi connectivity index (χ0n) is 15.5. The van der Waals surface area contributed by atoms with Crippen LogP contribution < -0.4 is 0 Å². The van der Waals surface area contributed by atoms with Crippen LogP contribution in [-0.4, -0.2) is 16.9 Å². The minimum Gasteiger partial charge on any atom is -0.426 e. The van der Waals surface area contributed by atoms with E-state index >= 15 is 0 Å². The van der Waals surface area contributed by atoms with Crippen molar-refractivity contribution >= 4 is 5.97 Å². The number of ether oxygens (including phenoxy) is 1. The summed E-state index contributed by atoms with van der Waals surface area (Å²) in [6, 6.07) is 0. The van der Waals surface area contributed by atoms with Crippen molar-refractivity contribution in [3.05, 3.63) is 11.1 Å². The first-order chi connectivity index (χ1) is 11.0. The summed E-state index contributed by atoms with van der Waals surface area (Å²) in [7, 11) is 0. The van der Waals surface area contributed by atoms with Crippen molar-refractivity contribution in [2.45, 2.75) is 110 Å². The van der Waals surface area contributed by atoms with Gasteiger partial charge in [-0.2, -0.15) is 0 Å². The van der Waals surface area contributed by atoms with E-state index in [-0.39, 0.29) is 5.97 Å². The molecule has 3 heteroatoms. The first kappa shape index (κ1) is 20.2. The third-order valence-electron chi connectivity index (χ3n) is 5.09. The molecule has 1 aliphatic rings. The zero-order valence-corrected chi connectivity index (χ0v) is 15.5. The Balaban J connectivity index is 1.95. The average Bonchev–Trinajstić information content (AvgIpc) is 2.72. The molecule has 134 valence electrons. The number of carbonyl (C=O) groups excluding carboxylic acids is 1. The molecule has 1 rings (SSSR count). The Morgan fingerprint density at radius 2 is 1.26 bits per heavy atom.